The Kier molecular flexibility index (Phi) is 10.3. The van der Waals surface area contributed by atoms with Gasteiger partial charge < -0.3 is 5.32 Å². The van der Waals surface area contributed by atoms with E-state index in [4.69, 9.17) is 4.55 Å². The van der Waals surface area contributed by atoms with E-state index in [2.05, 4.69) is 35.6 Å². The Morgan fingerprint density at radius 3 is 2.15 bits per heavy atom. The summed E-state index contributed by atoms with van der Waals surface area (Å²) >= 11 is 0.960. The van der Waals surface area contributed by atoms with Crippen LogP contribution in [0.4, 0.5) is 23.0 Å². The standard InChI is InChI=1S/C25H28N8O10S4/c1-25(2,3)20-19(31-30-15-9-11-16(12-10-15)46(38,39)40)21(34)33(32-20)23-27-22(26-17-7-4-5-8-18(17)47(41,42)43)28-24(29-23)44-13-6-14-45(35,36)37/h4-5,7-12,32H,6,13-14H2,1-3H3,(H,35,36,37)(H,38,39,40)(H,41,42,43)(H,26,27,28,29). The number of H-pyrrole nitrogens is 1. The van der Waals surface area contributed by atoms with Gasteiger partial charge in [0.2, 0.25) is 5.95 Å². The van der Waals surface area contributed by atoms with Gasteiger partial charge in [0.25, 0.3) is 36.3 Å². The SMILES string of the molecule is CC(C)(C)c1[nH]n(-c2nc(Nc3ccccc3S(=O)(=O)O)nc(SCCCS(=O)(=O)O)n2)c(=O)c1N=Nc1ccc(S(=O)(=O)O)cc1. The maximum absolute atomic E-state index is 13.7. The number of aromatic amines is 1. The number of nitrogens with zero attached hydrogens (tertiary/aromatic N) is 6. The molecule has 0 atom stereocenters. The predicted molar refractivity (Wildman–Crippen MR) is 170 cm³/mol. The summed E-state index contributed by atoms with van der Waals surface area (Å²) in [6, 6.07) is 10.1. The van der Waals surface area contributed by atoms with Gasteiger partial charge in [-0.2, -0.15) is 50.0 Å². The van der Waals surface area contributed by atoms with Crippen molar-refractivity contribution >= 4 is 65.1 Å². The molecule has 47 heavy (non-hydrogen) atoms. The molecule has 0 unspecified atom stereocenters. The molecule has 0 fully saturated rings. The molecule has 0 saturated heterocycles. The fourth-order valence-corrected chi connectivity index (χ4v) is 6.45. The lowest BCUT2D eigenvalue weighted by Crippen LogP contribution is -2.19. The maximum atomic E-state index is 13.7. The van der Waals surface area contributed by atoms with Gasteiger partial charge in [-0.25, -0.2) is 0 Å². The molecule has 0 radical (unpaired) electrons. The van der Waals surface area contributed by atoms with Crippen LogP contribution in [0.2, 0.25) is 0 Å². The van der Waals surface area contributed by atoms with E-state index in [-0.39, 0.29) is 51.2 Å². The highest BCUT2D eigenvalue weighted by Gasteiger charge is 2.27. The first-order valence-corrected chi connectivity index (χ1v) is 18.7. The minimum absolute atomic E-state index is 0.0157. The quantitative estimate of drug-likeness (QED) is 0.0602. The minimum atomic E-state index is -4.67. The Morgan fingerprint density at radius 2 is 1.55 bits per heavy atom. The number of aromatic nitrogens is 5. The average Bonchev–Trinajstić information content (AvgIpc) is 3.29. The van der Waals surface area contributed by atoms with E-state index >= 15 is 0 Å². The molecule has 0 aliphatic carbocycles. The number of rotatable bonds is 12. The van der Waals surface area contributed by atoms with Crippen LogP contribution in [-0.4, -0.2) is 75.1 Å². The number of nitrogens with one attached hydrogen (secondary N) is 2. The largest absolute Gasteiger partial charge is 0.323 e. The second-order valence-electron chi connectivity index (χ2n) is 10.7. The van der Waals surface area contributed by atoms with Crippen molar-refractivity contribution in [1.82, 2.24) is 24.7 Å². The molecule has 5 N–H and O–H groups in total. The zero-order chi connectivity index (χ0) is 34.8. The van der Waals surface area contributed by atoms with Crippen LogP contribution in [0.5, 0.6) is 0 Å². The second kappa shape index (κ2) is 13.6. The van der Waals surface area contributed by atoms with Gasteiger partial charge in [0, 0.05) is 11.2 Å². The van der Waals surface area contributed by atoms with Crippen molar-refractivity contribution in [1.29, 1.82) is 0 Å². The van der Waals surface area contributed by atoms with Gasteiger partial charge in [0.1, 0.15) is 4.90 Å². The summed E-state index contributed by atoms with van der Waals surface area (Å²) in [5.41, 5.74) is -1.26. The summed E-state index contributed by atoms with van der Waals surface area (Å²) in [4.78, 5) is 25.7. The van der Waals surface area contributed by atoms with Crippen LogP contribution in [0.15, 0.2) is 78.5 Å². The normalized spacial score (nSPS) is 12.9. The van der Waals surface area contributed by atoms with E-state index in [0.29, 0.717) is 5.69 Å². The van der Waals surface area contributed by atoms with Crippen molar-refractivity contribution in [2.75, 3.05) is 16.8 Å². The van der Waals surface area contributed by atoms with Gasteiger partial charge in [-0.15, -0.1) is 5.11 Å². The Hall–Kier alpha value is -4.06. The molecule has 4 aromatic rings. The van der Waals surface area contributed by atoms with E-state index < -0.39 is 52.0 Å². The molecular weight excluding hydrogens is 701 g/mol. The number of hydrogen-bond acceptors (Lipinski definition) is 14. The zero-order valence-electron chi connectivity index (χ0n) is 24.8. The third kappa shape index (κ3) is 9.50. The highest BCUT2D eigenvalue weighted by Crippen LogP contribution is 2.30. The number of azo groups is 1. The molecule has 0 aliphatic heterocycles. The van der Waals surface area contributed by atoms with E-state index in [0.717, 1.165) is 34.6 Å². The smallest absolute Gasteiger partial charge is 0.302 e. The van der Waals surface area contributed by atoms with Crippen LogP contribution in [-0.2, 0) is 35.8 Å². The van der Waals surface area contributed by atoms with Crippen LogP contribution in [0.25, 0.3) is 5.95 Å². The number of para-hydroxylation sites is 1. The fourth-order valence-electron chi connectivity index (χ4n) is 3.86. The highest BCUT2D eigenvalue weighted by atomic mass is 32.2. The summed E-state index contributed by atoms with van der Waals surface area (Å²) in [6.45, 7) is 5.35. The van der Waals surface area contributed by atoms with Crippen LogP contribution in [0.3, 0.4) is 0 Å². The first-order valence-electron chi connectivity index (χ1n) is 13.2. The molecule has 0 spiro atoms. The van der Waals surface area contributed by atoms with E-state index in [1.165, 1.54) is 30.3 Å². The first kappa shape index (κ1) is 35.8. The van der Waals surface area contributed by atoms with Crippen molar-refractivity contribution in [3.8, 4) is 5.95 Å². The van der Waals surface area contributed by atoms with Gasteiger partial charge >= 0.3 is 5.56 Å². The molecule has 0 amide bonds. The molecule has 0 aliphatic rings. The molecule has 4 rings (SSSR count). The highest BCUT2D eigenvalue weighted by molar-refractivity contribution is 7.99. The van der Waals surface area contributed by atoms with Gasteiger partial charge in [-0.3, -0.25) is 23.6 Å². The van der Waals surface area contributed by atoms with Crippen molar-refractivity contribution in [2.45, 2.75) is 47.6 Å². The molecule has 2 aromatic carbocycles. The molecular formula is C25H28N8O10S4. The van der Waals surface area contributed by atoms with Crippen molar-refractivity contribution < 1.29 is 38.9 Å². The van der Waals surface area contributed by atoms with Gasteiger partial charge in [0.15, 0.2) is 10.8 Å². The molecule has 2 aromatic heterocycles. The van der Waals surface area contributed by atoms with Crippen molar-refractivity contribution in [3.63, 3.8) is 0 Å². The number of hydrogen-bond donors (Lipinski definition) is 5. The maximum Gasteiger partial charge on any atom is 0.302 e. The fraction of sp³-hybridized carbons (Fsp3) is 0.280. The summed E-state index contributed by atoms with van der Waals surface area (Å²) in [5.74, 6) is -0.932. The van der Waals surface area contributed by atoms with Crippen molar-refractivity contribution in [3.05, 3.63) is 64.6 Å². The van der Waals surface area contributed by atoms with Gasteiger partial charge in [0.05, 0.1) is 27.7 Å². The van der Waals surface area contributed by atoms with Crippen LogP contribution in [0.1, 0.15) is 32.9 Å². The Balaban J connectivity index is 1.80. The molecule has 18 nitrogen and oxygen atoms in total. The van der Waals surface area contributed by atoms with Crippen LogP contribution in [0, 0.1) is 0 Å². The minimum Gasteiger partial charge on any atom is -0.323 e. The Bertz CT molecular complexity index is 2210. The first-order chi connectivity index (χ1) is 21.7. The third-order valence-electron chi connectivity index (χ3n) is 6.01. The topological polar surface area (TPSA) is 276 Å². The summed E-state index contributed by atoms with van der Waals surface area (Å²) in [6.07, 6.45) is 0.0191. The molecule has 252 valence electrons. The van der Waals surface area contributed by atoms with Gasteiger partial charge in [-0.05, 0) is 42.8 Å². The van der Waals surface area contributed by atoms with E-state index in [1.807, 2.05) is 0 Å². The van der Waals surface area contributed by atoms with Gasteiger partial charge in [-0.1, -0.05) is 44.7 Å². The lowest BCUT2D eigenvalue weighted by atomic mass is 9.91. The molecule has 22 heteroatoms. The average molecular weight is 729 g/mol. The third-order valence-corrected chi connectivity index (χ3v) is 9.53. The Labute approximate surface area is 273 Å². The molecule has 2 heterocycles. The summed E-state index contributed by atoms with van der Waals surface area (Å²) < 4.78 is 97.7. The monoisotopic (exact) mass is 728 g/mol. The summed E-state index contributed by atoms with van der Waals surface area (Å²) in [7, 11) is -13.3. The molecule has 0 bridgehead atoms. The van der Waals surface area contributed by atoms with E-state index in [1.54, 1.807) is 20.8 Å². The van der Waals surface area contributed by atoms with E-state index in [9.17, 15) is 39.2 Å². The number of thioether (sulfide) groups is 1. The van der Waals surface area contributed by atoms with Crippen LogP contribution < -0.4 is 10.9 Å². The zero-order valence-corrected chi connectivity index (χ0v) is 28.0. The number of benzene rings is 2. The second-order valence-corrected chi connectivity index (χ2v) is 16.2. The number of anilines is 2. The van der Waals surface area contributed by atoms with Crippen molar-refractivity contribution in [2.24, 2.45) is 10.2 Å². The Morgan fingerprint density at radius 1 is 0.894 bits per heavy atom. The van der Waals surface area contributed by atoms with Crippen LogP contribution >= 0.6 is 11.8 Å². The lowest BCUT2D eigenvalue weighted by Gasteiger charge is -2.16. The molecule has 0 saturated carbocycles. The predicted octanol–water partition coefficient (Wildman–Crippen LogP) is 3.67. The summed E-state index contributed by atoms with van der Waals surface area (Å²) in [5, 5.41) is 13.7. The lowest BCUT2D eigenvalue weighted by molar-refractivity contribution is 0.480.